The quantitative estimate of drug-likeness (QED) is 0.476. The lowest BCUT2D eigenvalue weighted by atomic mass is 10.4. The molecule has 0 aromatic carbocycles. The first-order valence-electron chi connectivity index (χ1n) is 4.94. The molecule has 0 atom stereocenters. The highest BCUT2D eigenvalue weighted by atomic mass is 32.2. The molecule has 0 bridgehead atoms. The zero-order valence-electron chi connectivity index (χ0n) is 9.27. The fraction of sp³-hybridized carbons (Fsp3) is 0.222. The summed E-state index contributed by atoms with van der Waals surface area (Å²) in [4.78, 5) is 14.4. The highest BCUT2D eigenvalue weighted by Crippen LogP contribution is 2.36. The summed E-state index contributed by atoms with van der Waals surface area (Å²) in [6.45, 7) is 2.03. The second-order valence-electron chi connectivity index (χ2n) is 2.95. The van der Waals surface area contributed by atoms with Crippen molar-refractivity contribution < 1.29 is 4.92 Å². The molecule has 2 rings (SSSR count). The lowest BCUT2D eigenvalue weighted by molar-refractivity contribution is -0.388. The molecule has 0 unspecified atom stereocenters. The average Bonchev–Trinajstić information content (AvgIpc) is 2.77. The molecule has 94 valence electrons. The molecule has 0 fully saturated rings. The summed E-state index contributed by atoms with van der Waals surface area (Å²) in [6.07, 6.45) is 1.53. The van der Waals surface area contributed by atoms with E-state index in [-0.39, 0.29) is 5.69 Å². The van der Waals surface area contributed by atoms with E-state index in [2.05, 4.69) is 15.2 Å². The molecule has 0 radical (unpaired) electrons. The summed E-state index contributed by atoms with van der Waals surface area (Å²) in [5.41, 5.74) is -0.0117. The maximum Gasteiger partial charge on any atom is 0.301 e. The second-order valence-corrected chi connectivity index (χ2v) is 6.68. The van der Waals surface area contributed by atoms with Gasteiger partial charge in [-0.15, -0.1) is 10.2 Å². The minimum atomic E-state index is -0.446. The topological polar surface area (TPSA) is 81.8 Å². The van der Waals surface area contributed by atoms with Gasteiger partial charge in [0.25, 0.3) is 0 Å². The van der Waals surface area contributed by atoms with Gasteiger partial charge in [0.15, 0.2) is 13.7 Å². The third-order valence-corrected chi connectivity index (χ3v) is 4.79. The van der Waals surface area contributed by atoms with Gasteiger partial charge in [-0.05, 0) is 23.6 Å². The molecule has 2 aromatic rings. The van der Waals surface area contributed by atoms with Crippen LogP contribution in [0.15, 0.2) is 32.0 Å². The number of rotatable bonds is 5. The van der Waals surface area contributed by atoms with Crippen molar-refractivity contribution in [3.8, 4) is 0 Å². The van der Waals surface area contributed by atoms with Crippen LogP contribution in [0.3, 0.4) is 0 Å². The largest absolute Gasteiger partial charge is 0.301 e. The minimum Gasteiger partial charge on any atom is -0.258 e. The molecule has 0 aliphatic carbocycles. The first kappa shape index (κ1) is 13.2. The molecule has 0 N–H and O–H groups in total. The SMILES string of the molecule is CCSc1nnc(Sc2ncccc2[N+](=O)[O-])s1. The molecule has 0 aliphatic heterocycles. The van der Waals surface area contributed by atoms with E-state index in [0.29, 0.717) is 9.37 Å². The van der Waals surface area contributed by atoms with Crippen LogP contribution in [0.1, 0.15) is 6.92 Å². The Morgan fingerprint density at radius 2 is 2.22 bits per heavy atom. The zero-order valence-corrected chi connectivity index (χ0v) is 11.7. The molecule has 9 heteroatoms. The molecule has 0 aliphatic rings. The van der Waals surface area contributed by atoms with Crippen LogP contribution >= 0.6 is 34.9 Å². The minimum absolute atomic E-state index is 0.0117. The van der Waals surface area contributed by atoms with Crippen LogP contribution in [0, 0.1) is 10.1 Å². The van der Waals surface area contributed by atoms with E-state index in [1.165, 1.54) is 35.4 Å². The smallest absolute Gasteiger partial charge is 0.258 e. The van der Waals surface area contributed by atoms with Crippen LogP contribution < -0.4 is 0 Å². The van der Waals surface area contributed by atoms with Gasteiger partial charge in [-0.3, -0.25) is 10.1 Å². The first-order chi connectivity index (χ1) is 8.70. The highest BCUT2D eigenvalue weighted by Gasteiger charge is 2.17. The van der Waals surface area contributed by atoms with Crippen molar-refractivity contribution in [3.63, 3.8) is 0 Å². The molecule has 2 aromatic heterocycles. The Balaban J connectivity index is 2.20. The van der Waals surface area contributed by atoms with Gasteiger partial charge in [0.2, 0.25) is 0 Å². The maximum atomic E-state index is 10.8. The van der Waals surface area contributed by atoms with Crippen molar-refractivity contribution in [2.45, 2.75) is 20.6 Å². The Morgan fingerprint density at radius 3 is 2.94 bits per heavy atom. The van der Waals surface area contributed by atoms with Crippen LogP contribution in [0.25, 0.3) is 0 Å². The predicted molar refractivity (Wildman–Crippen MR) is 71.3 cm³/mol. The van der Waals surface area contributed by atoms with Crippen LogP contribution in [-0.4, -0.2) is 25.9 Å². The third kappa shape index (κ3) is 3.18. The van der Waals surface area contributed by atoms with Crippen molar-refractivity contribution in [3.05, 3.63) is 28.4 Å². The van der Waals surface area contributed by atoms with E-state index in [9.17, 15) is 10.1 Å². The van der Waals surface area contributed by atoms with Crippen LogP contribution in [0.5, 0.6) is 0 Å². The van der Waals surface area contributed by atoms with E-state index < -0.39 is 4.92 Å². The van der Waals surface area contributed by atoms with E-state index in [4.69, 9.17) is 0 Å². The Kier molecular flexibility index (Phi) is 4.50. The van der Waals surface area contributed by atoms with Gasteiger partial charge in [0, 0.05) is 12.3 Å². The zero-order chi connectivity index (χ0) is 13.0. The monoisotopic (exact) mass is 300 g/mol. The van der Waals surface area contributed by atoms with Crippen LogP contribution in [-0.2, 0) is 0 Å². The molecular formula is C9H8N4O2S3. The molecule has 0 saturated carbocycles. The van der Waals surface area contributed by atoms with Gasteiger partial charge in [-0.2, -0.15) is 0 Å². The number of thioether (sulfide) groups is 1. The summed E-state index contributed by atoms with van der Waals surface area (Å²) in [7, 11) is 0. The third-order valence-electron chi connectivity index (χ3n) is 1.79. The number of nitro groups is 1. The van der Waals surface area contributed by atoms with Gasteiger partial charge in [-0.1, -0.05) is 30.0 Å². The average molecular weight is 300 g/mol. The summed E-state index contributed by atoms with van der Waals surface area (Å²) in [6, 6.07) is 2.97. The number of hydrogen-bond acceptors (Lipinski definition) is 8. The number of pyridine rings is 1. The van der Waals surface area contributed by atoms with Gasteiger partial charge >= 0.3 is 5.69 Å². The van der Waals surface area contributed by atoms with Crippen molar-refractivity contribution in [1.29, 1.82) is 0 Å². The summed E-state index contributed by atoms with van der Waals surface area (Å²) < 4.78 is 1.52. The van der Waals surface area contributed by atoms with E-state index in [0.717, 1.165) is 10.1 Å². The predicted octanol–water partition coefficient (Wildman–Crippen LogP) is 3.10. The summed E-state index contributed by atoms with van der Waals surface area (Å²) >= 11 is 4.18. The Morgan fingerprint density at radius 1 is 1.44 bits per heavy atom. The van der Waals surface area contributed by atoms with Gasteiger partial charge in [-0.25, -0.2) is 4.98 Å². The fourth-order valence-corrected chi connectivity index (χ4v) is 3.99. The second kappa shape index (κ2) is 6.12. The molecule has 0 amide bonds. The lowest BCUT2D eigenvalue weighted by Crippen LogP contribution is -1.92. The van der Waals surface area contributed by atoms with Crippen molar-refractivity contribution in [2.75, 3.05) is 5.75 Å². The molecule has 18 heavy (non-hydrogen) atoms. The highest BCUT2D eigenvalue weighted by molar-refractivity contribution is 8.03. The van der Waals surface area contributed by atoms with Gasteiger partial charge in [0.05, 0.1) is 4.92 Å². The van der Waals surface area contributed by atoms with Gasteiger partial charge < -0.3 is 0 Å². The lowest BCUT2D eigenvalue weighted by Gasteiger charge is -1.97. The summed E-state index contributed by atoms with van der Waals surface area (Å²) in [5.74, 6) is 0.920. The van der Waals surface area contributed by atoms with E-state index in [1.807, 2.05) is 6.92 Å². The van der Waals surface area contributed by atoms with Crippen LogP contribution in [0.2, 0.25) is 0 Å². The van der Waals surface area contributed by atoms with Crippen molar-refractivity contribution in [2.24, 2.45) is 0 Å². The normalized spacial score (nSPS) is 10.5. The Labute approximate surface area is 115 Å². The summed E-state index contributed by atoms with van der Waals surface area (Å²) in [5, 5.41) is 19.1. The number of hydrogen-bond donors (Lipinski definition) is 0. The number of aromatic nitrogens is 3. The van der Waals surface area contributed by atoms with Crippen molar-refractivity contribution in [1.82, 2.24) is 15.2 Å². The molecule has 6 nitrogen and oxygen atoms in total. The standard InChI is InChI=1S/C9H8N4O2S3/c1-2-16-8-11-12-9(18-8)17-7-6(13(14)15)4-3-5-10-7/h3-5H,2H2,1H3. The molecular weight excluding hydrogens is 292 g/mol. The van der Waals surface area contributed by atoms with Gasteiger partial charge in [0.1, 0.15) is 0 Å². The van der Waals surface area contributed by atoms with E-state index in [1.54, 1.807) is 17.8 Å². The molecule has 2 heterocycles. The first-order valence-corrected chi connectivity index (χ1v) is 7.56. The Bertz CT molecular complexity index is 560. The Hall–Kier alpha value is -1.19. The molecule has 0 spiro atoms. The van der Waals surface area contributed by atoms with Crippen molar-refractivity contribution >= 4 is 40.5 Å². The molecule has 0 saturated heterocycles. The van der Waals surface area contributed by atoms with E-state index >= 15 is 0 Å². The fourth-order valence-electron chi connectivity index (χ4n) is 1.10. The number of nitrogens with zero attached hydrogens (tertiary/aromatic N) is 4. The maximum absolute atomic E-state index is 10.8. The van der Waals surface area contributed by atoms with Crippen LogP contribution in [0.4, 0.5) is 5.69 Å².